The highest BCUT2D eigenvalue weighted by molar-refractivity contribution is 7.99. The van der Waals surface area contributed by atoms with E-state index in [0.29, 0.717) is 18.7 Å². The fraction of sp³-hybridized carbons (Fsp3) is 0.333. The summed E-state index contributed by atoms with van der Waals surface area (Å²) in [6.07, 6.45) is 8.19. The van der Waals surface area contributed by atoms with E-state index in [9.17, 15) is 4.79 Å². The van der Waals surface area contributed by atoms with Gasteiger partial charge in [0.1, 0.15) is 5.82 Å². The molecule has 0 atom stereocenters. The lowest BCUT2D eigenvalue weighted by atomic mass is 10.2. The van der Waals surface area contributed by atoms with Crippen LogP contribution >= 0.6 is 11.8 Å². The van der Waals surface area contributed by atoms with Crippen LogP contribution in [0.4, 0.5) is 5.82 Å². The standard InChI is InChI=1S/C24H27N7OS/c1-2-33-24-27-21(30-14-5-6-15-30)20-17-26-31(22(20)28-24)16-11-25-23(32)18-7-9-19(10-8-18)29-12-3-4-13-29/h3-4,7-10,12-13,17H,2,5-6,11,14-16H2,1H3,(H,25,32). The van der Waals surface area contributed by atoms with Crippen molar-refractivity contribution < 1.29 is 4.79 Å². The number of nitrogens with one attached hydrogen (secondary N) is 1. The first kappa shape index (κ1) is 21.5. The molecule has 0 radical (unpaired) electrons. The Morgan fingerprint density at radius 3 is 2.58 bits per heavy atom. The van der Waals surface area contributed by atoms with Crippen LogP contribution in [0.25, 0.3) is 16.7 Å². The van der Waals surface area contributed by atoms with Gasteiger partial charge in [0, 0.05) is 43.3 Å². The van der Waals surface area contributed by atoms with E-state index in [1.807, 2.05) is 64.2 Å². The molecule has 1 amide bonds. The molecule has 33 heavy (non-hydrogen) atoms. The Hall–Kier alpha value is -3.33. The summed E-state index contributed by atoms with van der Waals surface area (Å²) >= 11 is 1.64. The molecule has 1 aliphatic rings. The lowest BCUT2D eigenvalue weighted by Gasteiger charge is -2.17. The Labute approximate surface area is 197 Å². The molecule has 0 spiro atoms. The fourth-order valence-electron chi connectivity index (χ4n) is 4.12. The second-order valence-corrected chi connectivity index (χ2v) is 9.19. The van der Waals surface area contributed by atoms with Crippen molar-refractivity contribution in [2.75, 3.05) is 30.3 Å². The number of carbonyl (C=O) groups excluding carboxylic acids is 1. The number of anilines is 1. The molecule has 5 rings (SSSR count). The molecule has 1 fully saturated rings. The van der Waals surface area contributed by atoms with Gasteiger partial charge in [-0.1, -0.05) is 18.7 Å². The first-order chi connectivity index (χ1) is 16.2. The fourth-order valence-corrected chi connectivity index (χ4v) is 4.68. The second kappa shape index (κ2) is 9.66. The SMILES string of the molecule is CCSc1nc(N2CCCC2)c2cnn(CCNC(=O)c3ccc(-n4cccc4)cc3)c2n1. The van der Waals surface area contributed by atoms with Gasteiger partial charge in [0.05, 0.1) is 18.1 Å². The summed E-state index contributed by atoms with van der Waals surface area (Å²) in [5.74, 6) is 1.80. The molecule has 0 unspecified atom stereocenters. The van der Waals surface area contributed by atoms with Crippen LogP contribution < -0.4 is 10.2 Å². The molecule has 1 N–H and O–H groups in total. The van der Waals surface area contributed by atoms with E-state index in [-0.39, 0.29) is 5.91 Å². The molecule has 3 aromatic heterocycles. The molecule has 4 aromatic rings. The van der Waals surface area contributed by atoms with Gasteiger partial charge in [-0.05, 0) is 55.0 Å². The second-order valence-electron chi connectivity index (χ2n) is 7.96. The zero-order valence-corrected chi connectivity index (χ0v) is 19.5. The number of thioether (sulfide) groups is 1. The first-order valence-electron chi connectivity index (χ1n) is 11.4. The molecular weight excluding hydrogens is 434 g/mol. The largest absolute Gasteiger partial charge is 0.356 e. The summed E-state index contributed by atoms with van der Waals surface area (Å²) in [4.78, 5) is 24.5. The molecule has 1 aliphatic heterocycles. The van der Waals surface area contributed by atoms with Crippen LogP contribution in [-0.2, 0) is 6.54 Å². The summed E-state index contributed by atoms with van der Waals surface area (Å²) in [7, 11) is 0. The predicted octanol–water partition coefficient (Wildman–Crippen LogP) is 3.76. The third-order valence-electron chi connectivity index (χ3n) is 5.78. The summed E-state index contributed by atoms with van der Waals surface area (Å²) in [5, 5.41) is 9.32. The van der Waals surface area contributed by atoms with Crippen LogP contribution in [0.3, 0.4) is 0 Å². The van der Waals surface area contributed by atoms with Crippen LogP contribution in [0.5, 0.6) is 0 Å². The third-order valence-corrected chi connectivity index (χ3v) is 6.51. The topological polar surface area (TPSA) is 80.9 Å². The maximum absolute atomic E-state index is 12.6. The van der Waals surface area contributed by atoms with E-state index >= 15 is 0 Å². The van der Waals surface area contributed by atoms with Crippen molar-refractivity contribution in [1.29, 1.82) is 0 Å². The van der Waals surface area contributed by atoms with Crippen molar-refractivity contribution in [3.8, 4) is 5.69 Å². The van der Waals surface area contributed by atoms with Crippen molar-refractivity contribution in [3.05, 3.63) is 60.6 Å². The lowest BCUT2D eigenvalue weighted by Crippen LogP contribution is -2.27. The minimum absolute atomic E-state index is 0.0971. The Kier molecular flexibility index (Phi) is 6.30. The smallest absolute Gasteiger partial charge is 0.251 e. The van der Waals surface area contributed by atoms with Gasteiger partial charge in [-0.25, -0.2) is 14.6 Å². The van der Waals surface area contributed by atoms with E-state index in [1.165, 1.54) is 12.8 Å². The number of benzene rings is 1. The van der Waals surface area contributed by atoms with E-state index in [4.69, 9.17) is 9.97 Å². The normalized spacial score (nSPS) is 13.7. The Balaban J connectivity index is 1.28. The molecule has 1 saturated heterocycles. The Bertz CT molecular complexity index is 1230. The van der Waals surface area contributed by atoms with Crippen LogP contribution in [0.1, 0.15) is 30.1 Å². The molecule has 170 valence electrons. The average Bonchev–Trinajstić information content (AvgIpc) is 3.61. The number of hydrogen-bond acceptors (Lipinski definition) is 6. The number of rotatable bonds is 8. The highest BCUT2D eigenvalue weighted by Crippen LogP contribution is 2.29. The maximum atomic E-state index is 12.6. The number of aromatic nitrogens is 5. The molecule has 0 saturated carbocycles. The van der Waals surface area contributed by atoms with Gasteiger partial charge in [0.15, 0.2) is 10.8 Å². The zero-order valence-electron chi connectivity index (χ0n) is 18.6. The highest BCUT2D eigenvalue weighted by atomic mass is 32.2. The molecule has 9 heteroatoms. The van der Waals surface area contributed by atoms with Crippen molar-refractivity contribution in [2.24, 2.45) is 0 Å². The zero-order chi connectivity index (χ0) is 22.6. The van der Waals surface area contributed by atoms with E-state index in [2.05, 4.69) is 22.2 Å². The maximum Gasteiger partial charge on any atom is 0.251 e. The minimum Gasteiger partial charge on any atom is -0.356 e. The van der Waals surface area contributed by atoms with E-state index in [0.717, 1.165) is 46.5 Å². The summed E-state index contributed by atoms with van der Waals surface area (Å²) in [6, 6.07) is 11.5. The summed E-state index contributed by atoms with van der Waals surface area (Å²) < 4.78 is 3.87. The van der Waals surface area contributed by atoms with Gasteiger partial charge < -0.3 is 14.8 Å². The molecule has 4 heterocycles. The van der Waals surface area contributed by atoms with Gasteiger partial charge in [-0.2, -0.15) is 5.10 Å². The highest BCUT2D eigenvalue weighted by Gasteiger charge is 2.20. The van der Waals surface area contributed by atoms with Crippen molar-refractivity contribution in [1.82, 2.24) is 29.6 Å². The molecular formula is C24H27N7OS. The van der Waals surface area contributed by atoms with Crippen LogP contribution in [0, 0.1) is 0 Å². The van der Waals surface area contributed by atoms with Gasteiger partial charge in [-0.15, -0.1) is 0 Å². The Morgan fingerprint density at radius 2 is 1.85 bits per heavy atom. The van der Waals surface area contributed by atoms with Crippen LogP contribution in [0.15, 0.2) is 60.1 Å². The lowest BCUT2D eigenvalue weighted by molar-refractivity contribution is 0.0952. The number of carbonyl (C=O) groups is 1. The molecule has 1 aromatic carbocycles. The molecule has 0 aliphatic carbocycles. The van der Waals surface area contributed by atoms with Crippen molar-refractivity contribution in [3.63, 3.8) is 0 Å². The molecule has 8 nitrogen and oxygen atoms in total. The minimum atomic E-state index is -0.0971. The summed E-state index contributed by atoms with van der Waals surface area (Å²) in [6.45, 7) is 5.16. The third kappa shape index (κ3) is 4.59. The van der Waals surface area contributed by atoms with Crippen molar-refractivity contribution >= 4 is 34.5 Å². The van der Waals surface area contributed by atoms with Crippen LogP contribution in [0.2, 0.25) is 0 Å². The van der Waals surface area contributed by atoms with Gasteiger partial charge in [0.2, 0.25) is 0 Å². The van der Waals surface area contributed by atoms with E-state index in [1.54, 1.807) is 11.8 Å². The quantitative estimate of drug-likeness (QED) is 0.318. The van der Waals surface area contributed by atoms with Gasteiger partial charge >= 0.3 is 0 Å². The van der Waals surface area contributed by atoms with E-state index < -0.39 is 0 Å². The van der Waals surface area contributed by atoms with Crippen molar-refractivity contribution in [2.45, 2.75) is 31.5 Å². The van der Waals surface area contributed by atoms with Crippen LogP contribution in [-0.4, -0.2) is 55.6 Å². The average molecular weight is 462 g/mol. The monoisotopic (exact) mass is 461 g/mol. The first-order valence-corrected chi connectivity index (χ1v) is 12.3. The van der Waals surface area contributed by atoms with Gasteiger partial charge in [-0.3, -0.25) is 4.79 Å². The Morgan fingerprint density at radius 1 is 1.09 bits per heavy atom. The predicted molar refractivity (Wildman–Crippen MR) is 131 cm³/mol. The number of fused-ring (bicyclic) bond motifs is 1. The summed E-state index contributed by atoms with van der Waals surface area (Å²) in [5.41, 5.74) is 2.48. The molecule has 0 bridgehead atoms. The number of hydrogen-bond donors (Lipinski definition) is 1. The number of nitrogens with zero attached hydrogens (tertiary/aromatic N) is 6. The number of amides is 1. The van der Waals surface area contributed by atoms with Gasteiger partial charge in [0.25, 0.3) is 5.91 Å².